The van der Waals surface area contributed by atoms with Crippen molar-refractivity contribution in [1.82, 2.24) is 4.90 Å². The number of amides is 1. The van der Waals surface area contributed by atoms with Gasteiger partial charge in [0.25, 0.3) is 5.91 Å². The maximum Gasteiger partial charge on any atom is 0.253 e. The van der Waals surface area contributed by atoms with E-state index in [0.29, 0.717) is 13.2 Å². The second kappa shape index (κ2) is 7.99. The maximum absolute atomic E-state index is 12.7. The van der Waals surface area contributed by atoms with Gasteiger partial charge in [0, 0.05) is 37.4 Å². The van der Waals surface area contributed by atoms with E-state index in [9.17, 15) is 4.79 Å². The fourth-order valence-corrected chi connectivity index (χ4v) is 3.52. The predicted octanol–water partition coefficient (Wildman–Crippen LogP) is 2.55. The Hall–Kier alpha value is -2.21. The molecule has 0 N–H and O–H groups in total. The fraction of sp³-hybridized carbons (Fsp3) is 0.381. The van der Waals surface area contributed by atoms with Gasteiger partial charge in [-0.15, -0.1) is 0 Å². The van der Waals surface area contributed by atoms with Gasteiger partial charge < -0.3 is 14.4 Å². The largest absolute Gasteiger partial charge is 0.379 e. The Labute approximate surface area is 154 Å². The van der Waals surface area contributed by atoms with Crippen LogP contribution >= 0.6 is 0 Å². The number of carbonyl (C=O) groups is 1. The minimum atomic E-state index is 0.0298. The lowest BCUT2D eigenvalue weighted by molar-refractivity contribution is -0.123. The second-order valence-electron chi connectivity index (χ2n) is 6.70. The maximum atomic E-state index is 12.7. The number of benzene rings is 2. The summed E-state index contributed by atoms with van der Waals surface area (Å²) in [5.41, 5.74) is 4.32. The minimum absolute atomic E-state index is 0.0298. The molecule has 0 saturated carbocycles. The number of ether oxygens (including phenoxy) is 2. The first-order valence-corrected chi connectivity index (χ1v) is 9.18. The molecule has 4 rings (SSSR count). The van der Waals surface area contributed by atoms with Crippen LogP contribution < -0.4 is 4.90 Å². The molecule has 0 atom stereocenters. The van der Waals surface area contributed by atoms with E-state index in [1.54, 1.807) is 0 Å². The number of rotatable bonds is 4. The van der Waals surface area contributed by atoms with Crippen molar-refractivity contribution < 1.29 is 14.3 Å². The molecule has 1 saturated heterocycles. The van der Waals surface area contributed by atoms with Crippen molar-refractivity contribution in [2.24, 2.45) is 0 Å². The fourth-order valence-electron chi connectivity index (χ4n) is 3.52. The van der Waals surface area contributed by atoms with Crippen LogP contribution in [0.3, 0.4) is 0 Å². The first kappa shape index (κ1) is 17.2. The molecule has 0 unspecified atom stereocenters. The van der Waals surface area contributed by atoms with E-state index >= 15 is 0 Å². The SMILES string of the molecule is O=C1COCc2ccc(-c3ccccc3)cc2N1CCN1CCOCC1. The minimum Gasteiger partial charge on any atom is -0.379 e. The zero-order chi connectivity index (χ0) is 17.8. The Morgan fingerprint density at radius 1 is 0.846 bits per heavy atom. The molecule has 0 aromatic heterocycles. The van der Waals surface area contributed by atoms with Crippen LogP contribution in [-0.4, -0.2) is 56.8 Å². The summed E-state index contributed by atoms with van der Waals surface area (Å²) in [7, 11) is 0. The summed E-state index contributed by atoms with van der Waals surface area (Å²) in [5, 5.41) is 0. The highest BCUT2D eigenvalue weighted by Gasteiger charge is 2.24. The quantitative estimate of drug-likeness (QED) is 0.848. The molecule has 1 fully saturated rings. The molecule has 2 aromatic rings. The van der Waals surface area contributed by atoms with Crippen LogP contribution in [0, 0.1) is 0 Å². The molecule has 136 valence electrons. The van der Waals surface area contributed by atoms with Crippen LogP contribution in [0.2, 0.25) is 0 Å². The van der Waals surface area contributed by atoms with E-state index in [-0.39, 0.29) is 12.5 Å². The Kier molecular flexibility index (Phi) is 5.29. The van der Waals surface area contributed by atoms with E-state index < -0.39 is 0 Å². The highest BCUT2D eigenvalue weighted by atomic mass is 16.5. The van der Waals surface area contributed by atoms with Crippen molar-refractivity contribution in [2.45, 2.75) is 6.61 Å². The lowest BCUT2D eigenvalue weighted by Gasteiger charge is -2.30. The standard InChI is InChI=1S/C21H24N2O3/c24-21-16-26-15-19-7-6-18(17-4-2-1-3-5-17)14-20(19)23(21)9-8-22-10-12-25-13-11-22/h1-7,14H,8-13,15-16H2. The van der Waals surface area contributed by atoms with Gasteiger partial charge in [0.05, 0.1) is 19.8 Å². The average molecular weight is 352 g/mol. The molecule has 2 aromatic carbocycles. The Balaban J connectivity index is 1.60. The average Bonchev–Trinajstić information content (AvgIpc) is 2.85. The second-order valence-corrected chi connectivity index (χ2v) is 6.70. The van der Waals surface area contributed by atoms with Crippen LogP contribution in [-0.2, 0) is 20.9 Å². The van der Waals surface area contributed by atoms with E-state index in [0.717, 1.165) is 55.2 Å². The molecule has 0 spiro atoms. The van der Waals surface area contributed by atoms with Gasteiger partial charge >= 0.3 is 0 Å². The Morgan fingerprint density at radius 3 is 2.46 bits per heavy atom. The first-order chi connectivity index (χ1) is 12.8. The van der Waals surface area contributed by atoms with Crippen LogP contribution in [0.4, 0.5) is 5.69 Å². The van der Waals surface area contributed by atoms with Gasteiger partial charge in [-0.2, -0.15) is 0 Å². The number of hydrogen-bond donors (Lipinski definition) is 0. The third-order valence-electron chi connectivity index (χ3n) is 5.01. The molecular formula is C21H24N2O3. The summed E-state index contributed by atoms with van der Waals surface area (Å²) in [4.78, 5) is 16.9. The molecule has 2 heterocycles. The summed E-state index contributed by atoms with van der Waals surface area (Å²) < 4.78 is 11.0. The van der Waals surface area contributed by atoms with Crippen LogP contribution in [0.5, 0.6) is 0 Å². The van der Waals surface area contributed by atoms with Gasteiger partial charge in [-0.05, 0) is 17.2 Å². The van der Waals surface area contributed by atoms with Gasteiger partial charge in [0.15, 0.2) is 0 Å². The van der Waals surface area contributed by atoms with Gasteiger partial charge in [-0.1, -0.05) is 42.5 Å². The third-order valence-corrected chi connectivity index (χ3v) is 5.01. The monoisotopic (exact) mass is 352 g/mol. The normalized spacial score (nSPS) is 18.5. The smallest absolute Gasteiger partial charge is 0.253 e. The molecule has 2 aliphatic heterocycles. The van der Waals surface area contributed by atoms with Crippen molar-refractivity contribution in [3.63, 3.8) is 0 Å². The van der Waals surface area contributed by atoms with Gasteiger partial charge in [0.2, 0.25) is 0 Å². The number of hydrogen-bond acceptors (Lipinski definition) is 4. The van der Waals surface area contributed by atoms with Gasteiger partial charge in [0.1, 0.15) is 6.61 Å². The molecule has 5 nitrogen and oxygen atoms in total. The van der Waals surface area contributed by atoms with E-state index in [2.05, 4.69) is 35.2 Å². The van der Waals surface area contributed by atoms with Crippen LogP contribution in [0.1, 0.15) is 5.56 Å². The summed E-state index contributed by atoms with van der Waals surface area (Å²) in [6, 6.07) is 16.6. The third kappa shape index (κ3) is 3.80. The molecule has 0 radical (unpaired) electrons. The molecule has 1 amide bonds. The van der Waals surface area contributed by atoms with Crippen molar-refractivity contribution in [1.29, 1.82) is 0 Å². The summed E-state index contributed by atoms with van der Waals surface area (Å²) in [6.07, 6.45) is 0. The zero-order valence-electron chi connectivity index (χ0n) is 14.9. The van der Waals surface area contributed by atoms with Crippen molar-refractivity contribution in [3.8, 4) is 11.1 Å². The highest BCUT2D eigenvalue weighted by molar-refractivity contribution is 5.96. The first-order valence-electron chi connectivity index (χ1n) is 9.18. The Bertz CT molecular complexity index is 757. The number of nitrogens with zero attached hydrogens (tertiary/aromatic N) is 2. The molecular weight excluding hydrogens is 328 g/mol. The lowest BCUT2D eigenvalue weighted by Crippen LogP contribution is -2.43. The van der Waals surface area contributed by atoms with Crippen LogP contribution in [0.15, 0.2) is 48.5 Å². The van der Waals surface area contributed by atoms with Crippen molar-refractivity contribution in [3.05, 3.63) is 54.1 Å². The highest BCUT2D eigenvalue weighted by Crippen LogP contribution is 2.30. The van der Waals surface area contributed by atoms with Crippen molar-refractivity contribution >= 4 is 11.6 Å². The summed E-state index contributed by atoms with van der Waals surface area (Å²) >= 11 is 0. The molecule has 0 bridgehead atoms. The van der Waals surface area contributed by atoms with Gasteiger partial charge in [-0.3, -0.25) is 9.69 Å². The molecule has 5 heteroatoms. The van der Waals surface area contributed by atoms with E-state index in [1.807, 2.05) is 23.1 Å². The predicted molar refractivity (Wildman–Crippen MR) is 101 cm³/mol. The van der Waals surface area contributed by atoms with Crippen LogP contribution in [0.25, 0.3) is 11.1 Å². The number of carbonyl (C=O) groups excluding carboxylic acids is 1. The zero-order valence-corrected chi connectivity index (χ0v) is 14.9. The topological polar surface area (TPSA) is 42.0 Å². The molecule has 2 aliphatic rings. The van der Waals surface area contributed by atoms with E-state index in [4.69, 9.17) is 9.47 Å². The van der Waals surface area contributed by atoms with Gasteiger partial charge in [-0.25, -0.2) is 0 Å². The lowest BCUT2D eigenvalue weighted by atomic mass is 10.0. The van der Waals surface area contributed by atoms with Crippen molar-refractivity contribution in [2.75, 3.05) is 50.9 Å². The molecule has 26 heavy (non-hydrogen) atoms. The molecule has 0 aliphatic carbocycles. The number of anilines is 1. The Morgan fingerprint density at radius 2 is 1.65 bits per heavy atom. The van der Waals surface area contributed by atoms with E-state index in [1.165, 1.54) is 0 Å². The number of morpholine rings is 1. The summed E-state index contributed by atoms with van der Waals surface area (Å²) in [5.74, 6) is 0.0298. The summed E-state index contributed by atoms with van der Waals surface area (Å²) in [6.45, 7) is 5.53. The number of fused-ring (bicyclic) bond motifs is 1.